The second-order valence-electron chi connectivity index (χ2n) is 3.86. The zero-order valence-corrected chi connectivity index (χ0v) is 8.70. The van der Waals surface area contributed by atoms with Crippen LogP contribution in [0.25, 0.3) is 5.65 Å². The van der Waals surface area contributed by atoms with E-state index in [4.69, 9.17) is 0 Å². The highest BCUT2D eigenvalue weighted by atomic mass is 16.3. The summed E-state index contributed by atoms with van der Waals surface area (Å²) in [6.07, 6.45) is 3.37. The molecule has 1 unspecified atom stereocenters. The van der Waals surface area contributed by atoms with Crippen LogP contribution in [-0.2, 0) is 6.42 Å². The molecule has 0 aliphatic carbocycles. The number of hydrogen-bond donors (Lipinski definition) is 1. The Labute approximate surface area is 87.0 Å². The summed E-state index contributed by atoms with van der Waals surface area (Å²) in [6, 6.07) is 0. The van der Waals surface area contributed by atoms with Crippen molar-refractivity contribution in [2.45, 2.75) is 26.4 Å². The van der Waals surface area contributed by atoms with Crippen molar-refractivity contribution in [3.8, 4) is 0 Å². The number of hydrogen-bond acceptors (Lipinski definition) is 5. The fraction of sp³-hybridized carbons (Fsp3) is 0.556. The molecule has 2 aromatic rings. The first kappa shape index (κ1) is 9.97. The van der Waals surface area contributed by atoms with E-state index in [1.807, 2.05) is 13.8 Å². The van der Waals surface area contributed by atoms with Gasteiger partial charge in [0.05, 0.1) is 18.0 Å². The Morgan fingerprint density at radius 2 is 2.20 bits per heavy atom. The Morgan fingerprint density at radius 3 is 2.93 bits per heavy atom. The van der Waals surface area contributed by atoms with Crippen LogP contribution in [0.1, 0.15) is 19.5 Å². The van der Waals surface area contributed by atoms with E-state index in [1.165, 1.54) is 0 Å². The van der Waals surface area contributed by atoms with Crippen molar-refractivity contribution in [1.29, 1.82) is 0 Å². The van der Waals surface area contributed by atoms with Gasteiger partial charge in [0, 0.05) is 12.6 Å². The van der Waals surface area contributed by atoms with E-state index in [0.29, 0.717) is 12.1 Å². The maximum atomic E-state index is 9.77. The van der Waals surface area contributed by atoms with Crippen LogP contribution >= 0.6 is 0 Å². The maximum absolute atomic E-state index is 9.77. The van der Waals surface area contributed by atoms with Crippen molar-refractivity contribution in [1.82, 2.24) is 25.0 Å². The fourth-order valence-electron chi connectivity index (χ4n) is 1.31. The lowest BCUT2D eigenvalue weighted by Crippen LogP contribution is -2.19. The van der Waals surface area contributed by atoms with Gasteiger partial charge in [-0.3, -0.25) is 4.98 Å². The van der Waals surface area contributed by atoms with E-state index in [-0.39, 0.29) is 5.92 Å². The van der Waals surface area contributed by atoms with Gasteiger partial charge in [-0.1, -0.05) is 13.8 Å². The Kier molecular flexibility index (Phi) is 2.59. The van der Waals surface area contributed by atoms with Gasteiger partial charge in [0.1, 0.15) is 0 Å². The molecule has 0 bridgehead atoms. The minimum absolute atomic E-state index is 0.205. The van der Waals surface area contributed by atoms with E-state index >= 15 is 0 Å². The molecule has 2 heterocycles. The molecule has 2 rings (SSSR count). The molecule has 80 valence electrons. The van der Waals surface area contributed by atoms with Crippen LogP contribution in [-0.4, -0.2) is 36.2 Å². The van der Waals surface area contributed by atoms with Crippen LogP contribution in [0.3, 0.4) is 0 Å². The average Bonchev–Trinajstić information content (AvgIpc) is 2.66. The molecule has 0 aliphatic rings. The Hall–Kier alpha value is -1.56. The summed E-state index contributed by atoms with van der Waals surface area (Å²) in [5.74, 6) is 0.205. The predicted octanol–water partition coefficient (Wildman–Crippen LogP) is 0.0787. The van der Waals surface area contributed by atoms with Gasteiger partial charge in [0.25, 0.3) is 0 Å². The van der Waals surface area contributed by atoms with Gasteiger partial charge in [0.15, 0.2) is 5.65 Å². The second-order valence-corrected chi connectivity index (χ2v) is 3.86. The van der Waals surface area contributed by atoms with E-state index in [0.717, 1.165) is 5.69 Å². The molecule has 0 amide bonds. The van der Waals surface area contributed by atoms with Gasteiger partial charge in [-0.25, -0.2) is 0 Å². The number of nitrogens with zero attached hydrogens (tertiary/aromatic N) is 5. The van der Waals surface area contributed by atoms with Crippen LogP contribution in [0.15, 0.2) is 12.4 Å². The minimum Gasteiger partial charge on any atom is -0.392 e. The quantitative estimate of drug-likeness (QED) is 0.771. The highest BCUT2D eigenvalue weighted by molar-refractivity contribution is 5.32. The van der Waals surface area contributed by atoms with Gasteiger partial charge in [-0.05, 0) is 16.3 Å². The van der Waals surface area contributed by atoms with Gasteiger partial charge in [-0.15, -0.1) is 5.10 Å². The molecule has 0 radical (unpaired) electrons. The zero-order chi connectivity index (χ0) is 10.8. The van der Waals surface area contributed by atoms with Gasteiger partial charge in [-0.2, -0.15) is 4.52 Å². The number of rotatable bonds is 3. The molecule has 6 heteroatoms. The topological polar surface area (TPSA) is 76.2 Å². The summed E-state index contributed by atoms with van der Waals surface area (Å²) in [6.45, 7) is 3.94. The first-order valence-corrected chi connectivity index (χ1v) is 4.87. The lowest BCUT2D eigenvalue weighted by molar-refractivity contribution is 0.124. The number of aromatic nitrogens is 5. The number of tetrazole rings is 1. The largest absolute Gasteiger partial charge is 0.392 e. The highest BCUT2D eigenvalue weighted by Gasteiger charge is 2.13. The van der Waals surface area contributed by atoms with Crippen molar-refractivity contribution >= 4 is 5.65 Å². The third-order valence-electron chi connectivity index (χ3n) is 2.37. The van der Waals surface area contributed by atoms with Crippen LogP contribution in [0.4, 0.5) is 0 Å². The number of fused-ring (bicyclic) bond motifs is 1. The maximum Gasteiger partial charge on any atom is 0.197 e. The molecule has 0 fully saturated rings. The average molecular weight is 207 g/mol. The summed E-state index contributed by atoms with van der Waals surface area (Å²) >= 11 is 0. The second kappa shape index (κ2) is 3.90. The summed E-state index contributed by atoms with van der Waals surface area (Å²) in [5, 5.41) is 20.9. The molecular weight excluding hydrogens is 194 g/mol. The van der Waals surface area contributed by atoms with Crippen molar-refractivity contribution in [3.63, 3.8) is 0 Å². The van der Waals surface area contributed by atoms with E-state index in [1.54, 1.807) is 16.9 Å². The summed E-state index contributed by atoms with van der Waals surface area (Å²) in [5.41, 5.74) is 1.42. The minimum atomic E-state index is -0.401. The standard InChI is InChI=1S/C9H13N5O/c1-6(2)8(15)3-7-4-10-5-9-11-12-13-14(7)9/h4-6,8,15H,3H2,1-2H3. The van der Waals surface area contributed by atoms with Gasteiger partial charge in [0.2, 0.25) is 0 Å². The van der Waals surface area contributed by atoms with E-state index in [2.05, 4.69) is 20.5 Å². The summed E-state index contributed by atoms with van der Waals surface area (Å²) in [4.78, 5) is 4.02. The fourth-order valence-corrected chi connectivity index (χ4v) is 1.31. The van der Waals surface area contributed by atoms with Crippen LogP contribution in [0.5, 0.6) is 0 Å². The van der Waals surface area contributed by atoms with E-state index < -0.39 is 6.10 Å². The van der Waals surface area contributed by atoms with Crippen LogP contribution in [0.2, 0.25) is 0 Å². The van der Waals surface area contributed by atoms with Gasteiger partial charge < -0.3 is 5.11 Å². The van der Waals surface area contributed by atoms with Crippen molar-refractivity contribution in [2.75, 3.05) is 0 Å². The molecule has 0 saturated heterocycles. The molecule has 0 aromatic carbocycles. The number of aliphatic hydroxyl groups is 1. The Balaban J connectivity index is 2.31. The Morgan fingerprint density at radius 1 is 1.40 bits per heavy atom. The number of aliphatic hydroxyl groups excluding tert-OH is 1. The molecule has 0 saturated carbocycles. The Bertz CT molecular complexity index is 452. The summed E-state index contributed by atoms with van der Waals surface area (Å²) < 4.78 is 1.60. The molecule has 1 N–H and O–H groups in total. The molecule has 0 aliphatic heterocycles. The molecule has 15 heavy (non-hydrogen) atoms. The molecule has 2 aromatic heterocycles. The normalized spacial score (nSPS) is 13.6. The highest BCUT2D eigenvalue weighted by Crippen LogP contribution is 2.09. The third-order valence-corrected chi connectivity index (χ3v) is 2.37. The summed E-state index contributed by atoms with van der Waals surface area (Å²) in [7, 11) is 0. The van der Waals surface area contributed by atoms with E-state index in [9.17, 15) is 5.11 Å². The van der Waals surface area contributed by atoms with Crippen LogP contribution in [0, 0.1) is 5.92 Å². The molecule has 1 atom stereocenters. The monoisotopic (exact) mass is 207 g/mol. The first-order chi connectivity index (χ1) is 7.18. The first-order valence-electron chi connectivity index (χ1n) is 4.87. The lowest BCUT2D eigenvalue weighted by atomic mass is 10.0. The lowest BCUT2D eigenvalue weighted by Gasteiger charge is -2.13. The third kappa shape index (κ3) is 1.94. The van der Waals surface area contributed by atoms with Crippen molar-refractivity contribution < 1.29 is 5.11 Å². The van der Waals surface area contributed by atoms with Crippen molar-refractivity contribution in [3.05, 3.63) is 18.1 Å². The van der Waals surface area contributed by atoms with Crippen molar-refractivity contribution in [2.24, 2.45) is 5.92 Å². The SMILES string of the molecule is CC(C)C(O)Cc1cncc2nnnn12. The van der Waals surface area contributed by atoms with Crippen LogP contribution < -0.4 is 0 Å². The predicted molar refractivity (Wildman–Crippen MR) is 53.1 cm³/mol. The zero-order valence-electron chi connectivity index (χ0n) is 8.70. The molecular formula is C9H13N5O. The van der Waals surface area contributed by atoms with Gasteiger partial charge >= 0.3 is 0 Å². The molecule has 0 spiro atoms. The molecule has 6 nitrogen and oxygen atoms in total. The smallest absolute Gasteiger partial charge is 0.197 e.